The summed E-state index contributed by atoms with van der Waals surface area (Å²) in [5, 5.41) is 11.0. The third kappa shape index (κ3) is 3.71. The van der Waals surface area contributed by atoms with Crippen LogP contribution in [0.4, 0.5) is 5.82 Å². The van der Waals surface area contributed by atoms with Crippen LogP contribution in [0.2, 0.25) is 0 Å². The first-order chi connectivity index (χ1) is 13.1. The predicted octanol–water partition coefficient (Wildman–Crippen LogP) is 2.43. The van der Waals surface area contributed by atoms with Crippen molar-refractivity contribution < 1.29 is 9.59 Å². The third-order valence-corrected chi connectivity index (χ3v) is 5.16. The molecule has 1 atom stereocenters. The molecule has 7 nitrogen and oxygen atoms in total. The molecular formula is C19H18BrN5O2. The normalized spacial score (nSPS) is 16.9. The van der Waals surface area contributed by atoms with Crippen LogP contribution in [0, 0.1) is 5.92 Å². The number of amides is 2. The number of halogens is 1. The average molecular weight is 428 g/mol. The van der Waals surface area contributed by atoms with E-state index in [2.05, 4.69) is 36.4 Å². The van der Waals surface area contributed by atoms with E-state index in [4.69, 9.17) is 0 Å². The Hall–Kier alpha value is -2.74. The van der Waals surface area contributed by atoms with Crippen molar-refractivity contribution >= 4 is 44.5 Å². The molecule has 2 amide bonds. The Morgan fingerprint density at radius 1 is 1.33 bits per heavy atom. The molecule has 3 heterocycles. The maximum Gasteiger partial charge on any atom is 0.229 e. The third-order valence-electron chi connectivity index (χ3n) is 4.66. The zero-order chi connectivity index (χ0) is 18.8. The molecule has 1 aliphatic rings. The van der Waals surface area contributed by atoms with Gasteiger partial charge in [-0.15, -0.1) is 0 Å². The zero-order valence-electron chi connectivity index (χ0n) is 14.5. The van der Waals surface area contributed by atoms with Gasteiger partial charge < -0.3 is 5.32 Å². The van der Waals surface area contributed by atoms with Crippen LogP contribution in [0.15, 0.2) is 47.1 Å². The number of aromatic amines is 1. The summed E-state index contributed by atoms with van der Waals surface area (Å²) < 4.78 is 0.933. The Balaban J connectivity index is 1.40. The number of aromatic nitrogens is 3. The molecule has 1 aromatic carbocycles. The van der Waals surface area contributed by atoms with Crippen molar-refractivity contribution in [1.29, 1.82) is 0 Å². The summed E-state index contributed by atoms with van der Waals surface area (Å²) in [6.07, 6.45) is 2.59. The van der Waals surface area contributed by atoms with E-state index in [0.717, 1.165) is 21.1 Å². The number of nitrogens with one attached hydrogen (secondary N) is 2. The molecule has 3 aromatic rings. The number of rotatable bonds is 5. The Kier molecular flexibility index (Phi) is 4.89. The van der Waals surface area contributed by atoms with Gasteiger partial charge in [-0.25, -0.2) is 0 Å². The molecule has 0 bridgehead atoms. The molecule has 2 N–H and O–H groups in total. The molecule has 1 fully saturated rings. The molecule has 1 aliphatic heterocycles. The molecule has 0 aliphatic carbocycles. The highest BCUT2D eigenvalue weighted by molar-refractivity contribution is 9.10. The lowest BCUT2D eigenvalue weighted by molar-refractivity contribution is -0.126. The van der Waals surface area contributed by atoms with Crippen LogP contribution in [-0.4, -0.2) is 40.1 Å². The summed E-state index contributed by atoms with van der Waals surface area (Å²) in [5.41, 5.74) is 1.77. The van der Waals surface area contributed by atoms with Gasteiger partial charge >= 0.3 is 0 Å². The highest BCUT2D eigenvalue weighted by Crippen LogP contribution is 2.31. The van der Waals surface area contributed by atoms with Crippen molar-refractivity contribution in [3.63, 3.8) is 0 Å². The number of hydrogen-bond donors (Lipinski definition) is 2. The minimum Gasteiger partial charge on any atom is -0.355 e. The van der Waals surface area contributed by atoms with E-state index in [1.54, 1.807) is 11.1 Å². The van der Waals surface area contributed by atoms with Gasteiger partial charge in [0.2, 0.25) is 11.8 Å². The number of H-pyrrole nitrogens is 1. The second-order valence-electron chi connectivity index (χ2n) is 6.50. The number of anilines is 1. The molecule has 138 valence electrons. The van der Waals surface area contributed by atoms with Gasteiger partial charge in [-0.2, -0.15) is 5.10 Å². The van der Waals surface area contributed by atoms with Crippen LogP contribution in [0.3, 0.4) is 0 Å². The number of nitrogens with zero attached hydrogens (tertiary/aromatic N) is 3. The fraction of sp³-hybridized carbons (Fsp3) is 0.263. The Labute approximate surface area is 164 Å². The summed E-state index contributed by atoms with van der Waals surface area (Å²) in [6.45, 7) is 0.837. The molecule has 2 aromatic heterocycles. The molecule has 0 spiro atoms. The molecular weight excluding hydrogens is 410 g/mol. The first kappa shape index (κ1) is 17.7. The van der Waals surface area contributed by atoms with Crippen LogP contribution < -0.4 is 10.2 Å². The van der Waals surface area contributed by atoms with Gasteiger partial charge in [-0.1, -0.05) is 22.0 Å². The number of carbonyl (C=O) groups excluding carboxylic acids is 2. The Morgan fingerprint density at radius 3 is 3.04 bits per heavy atom. The second kappa shape index (κ2) is 7.48. The number of hydrogen-bond acceptors (Lipinski definition) is 4. The van der Waals surface area contributed by atoms with Crippen molar-refractivity contribution in [2.75, 3.05) is 18.0 Å². The van der Waals surface area contributed by atoms with Crippen molar-refractivity contribution in [1.82, 2.24) is 20.5 Å². The second-order valence-corrected chi connectivity index (χ2v) is 7.42. The largest absolute Gasteiger partial charge is 0.355 e. The average Bonchev–Trinajstić information content (AvgIpc) is 3.25. The van der Waals surface area contributed by atoms with Crippen LogP contribution in [0.5, 0.6) is 0 Å². The monoisotopic (exact) mass is 427 g/mol. The first-order valence-corrected chi connectivity index (χ1v) is 9.53. The number of carbonyl (C=O) groups is 2. The summed E-state index contributed by atoms with van der Waals surface area (Å²) in [6, 6.07) is 11.4. The van der Waals surface area contributed by atoms with Crippen LogP contribution in [-0.2, 0) is 16.0 Å². The Morgan fingerprint density at radius 2 is 2.22 bits per heavy atom. The molecule has 0 unspecified atom stereocenters. The van der Waals surface area contributed by atoms with Gasteiger partial charge in [-0.3, -0.25) is 24.6 Å². The lowest BCUT2D eigenvalue weighted by atomic mass is 10.1. The van der Waals surface area contributed by atoms with E-state index in [1.807, 2.05) is 36.4 Å². The van der Waals surface area contributed by atoms with E-state index in [0.29, 0.717) is 25.3 Å². The topological polar surface area (TPSA) is 91.0 Å². The Bertz CT molecular complexity index is 988. The van der Waals surface area contributed by atoms with E-state index < -0.39 is 0 Å². The standard InChI is InChI=1S/C19H18BrN5O2/c20-13-4-5-15-16(10-13)23-24-18(15)25-11-12(9-17(25)26)19(27)22-8-6-14-3-1-2-7-21-14/h1-5,7,10,12H,6,8-9,11H2,(H,22,27)(H,23,24)/t12-/m1/s1. The minimum atomic E-state index is -0.372. The quantitative estimate of drug-likeness (QED) is 0.653. The molecule has 1 saturated heterocycles. The number of benzene rings is 1. The van der Waals surface area contributed by atoms with Gasteiger partial charge in [0.15, 0.2) is 5.82 Å². The summed E-state index contributed by atoms with van der Waals surface area (Å²) in [5.74, 6) is 0.00952. The maximum absolute atomic E-state index is 12.5. The molecule has 0 saturated carbocycles. The summed E-state index contributed by atoms with van der Waals surface area (Å²) in [7, 11) is 0. The summed E-state index contributed by atoms with van der Waals surface area (Å²) in [4.78, 5) is 30.8. The highest BCUT2D eigenvalue weighted by Gasteiger charge is 2.36. The van der Waals surface area contributed by atoms with Crippen molar-refractivity contribution in [3.8, 4) is 0 Å². The molecule has 8 heteroatoms. The molecule has 0 radical (unpaired) electrons. The SMILES string of the molecule is O=C(NCCc1ccccn1)[C@@H]1CC(=O)N(c2n[nH]c3cc(Br)ccc23)C1. The first-order valence-electron chi connectivity index (χ1n) is 8.73. The van der Waals surface area contributed by atoms with Crippen molar-refractivity contribution in [2.45, 2.75) is 12.8 Å². The van der Waals surface area contributed by atoms with E-state index in [1.165, 1.54) is 0 Å². The van der Waals surface area contributed by atoms with Crippen LogP contribution in [0.1, 0.15) is 12.1 Å². The van der Waals surface area contributed by atoms with Gasteiger partial charge in [0, 0.05) is 47.7 Å². The highest BCUT2D eigenvalue weighted by atomic mass is 79.9. The minimum absolute atomic E-state index is 0.0869. The molecule has 4 rings (SSSR count). The fourth-order valence-electron chi connectivity index (χ4n) is 3.28. The lowest BCUT2D eigenvalue weighted by Gasteiger charge is -2.14. The van der Waals surface area contributed by atoms with E-state index >= 15 is 0 Å². The van der Waals surface area contributed by atoms with Gasteiger partial charge in [-0.05, 0) is 30.3 Å². The van der Waals surface area contributed by atoms with E-state index in [-0.39, 0.29) is 24.2 Å². The van der Waals surface area contributed by atoms with Crippen molar-refractivity contribution in [2.24, 2.45) is 5.92 Å². The van der Waals surface area contributed by atoms with Gasteiger partial charge in [0.25, 0.3) is 0 Å². The lowest BCUT2D eigenvalue weighted by Crippen LogP contribution is -2.34. The number of fused-ring (bicyclic) bond motifs is 1. The smallest absolute Gasteiger partial charge is 0.229 e. The van der Waals surface area contributed by atoms with E-state index in [9.17, 15) is 9.59 Å². The summed E-state index contributed by atoms with van der Waals surface area (Å²) >= 11 is 3.42. The molecule has 27 heavy (non-hydrogen) atoms. The maximum atomic E-state index is 12.5. The zero-order valence-corrected chi connectivity index (χ0v) is 16.1. The van der Waals surface area contributed by atoms with Crippen LogP contribution >= 0.6 is 15.9 Å². The van der Waals surface area contributed by atoms with Crippen molar-refractivity contribution in [3.05, 3.63) is 52.8 Å². The fourth-order valence-corrected chi connectivity index (χ4v) is 3.64. The van der Waals surface area contributed by atoms with Gasteiger partial charge in [0.05, 0.1) is 11.4 Å². The predicted molar refractivity (Wildman–Crippen MR) is 105 cm³/mol. The van der Waals surface area contributed by atoms with Gasteiger partial charge in [0.1, 0.15) is 0 Å². The number of pyridine rings is 1. The van der Waals surface area contributed by atoms with Crippen LogP contribution in [0.25, 0.3) is 10.9 Å².